The molecular weight excluding hydrogens is 785 g/mol. The first-order chi connectivity index (χ1) is 31.0. The van der Waals surface area contributed by atoms with E-state index in [1.54, 1.807) is 0 Å². The number of fused-ring (bicyclic) bond motifs is 7. The van der Waals surface area contributed by atoms with Gasteiger partial charge in [-0.3, -0.25) is 16.0 Å². The first-order valence-corrected chi connectivity index (χ1v) is 22.8. The molecule has 3 N–H and O–H groups in total. The number of nitrogens with zero attached hydrogens (tertiary/aromatic N) is 1. The van der Waals surface area contributed by atoms with Crippen LogP contribution in [0.15, 0.2) is 206 Å². The van der Waals surface area contributed by atoms with Gasteiger partial charge in [-0.25, -0.2) is 0 Å². The Labute approximate surface area is 372 Å². The van der Waals surface area contributed by atoms with Crippen molar-refractivity contribution in [1.29, 1.82) is 0 Å². The van der Waals surface area contributed by atoms with E-state index in [0.717, 1.165) is 17.1 Å². The third-order valence-electron chi connectivity index (χ3n) is 13.4. The van der Waals surface area contributed by atoms with Crippen molar-refractivity contribution in [3.05, 3.63) is 234 Å². The van der Waals surface area contributed by atoms with E-state index < -0.39 is 0 Å². The number of benzene rings is 9. The summed E-state index contributed by atoms with van der Waals surface area (Å²) in [5.74, 6) is 0. The molecule has 10 aromatic rings. The average molecular weight is 831 g/mol. The van der Waals surface area contributed by atoms with Crippen LogP contribution in [0.25, 0.3) is 53.2 Å². The Morgan fingerprint density at radius 3 is 1.87 bits per heavy atom. The highest BCUT2D eigenvalue weighted by Gasteiger charge is 2.36. The van der Waals surface area contributed by atoms with Crippen LogP contribution in [-0.2, 0) is 5.41 Å². The standard InChI is InChI=1S/C58H46N4S/c1-58(2)50-25-12-11-22-45(50)46-33-31-42(35-51(46)58)62(41-29-27-38(28-30-41)37-15-5-3-6-16-37)43-32-34-48-53(36-43)63-52-26-14-24-49(54(48)52)57-60-55(40-18-7-4-8-19-40)59-56(61-57)47-23-13-20-39-17-9-10-21-44(39)47/h3-36,55-57,59-61H,1-2H3. The average Bonchev–Trinajstić information content (AvgIpc) is 3.83. The second kappa shape index (κ2) is 15.2. The highest BCUT2D eigenvalue weighted by Crippen LogP contribution is 2.51. The van der Waals surface area contributed by atoms with Crippen molar-refractivity contribution in [2.45, 2.75) is 37.8 Å². The monoisotopic (exact) mass is 830 g/mol. The van der Waals surface area contributed by atoms with Crippen molar-refractivity contribution in [1.82, 2.24) is 16.0 Å². The number of rotatable bonds is 7. The van der Waals surface area contributed by atoms with Crippen molar-refractivity contribution >= 4 is 59.3 Å². The molecule has 1 saturated heterocycles. The molecule has 0 saturated carbocycles. The lowest BCUT2D eigenvalue weighted by atomic mass is 9.82. The van der Waals surface area contributed by atoms with Gasteiger partial charge in [-0.15, -0.1) is 11.3 Å². The highest BCUT2D eigenvalue weighted by atomic mass is 32.1. The molecule has 1 aromatic heterocycles. The van der Waals surface area contributed by atoms with Gasteiger partial charge in [-0.1, -0.05) is 178 Å². The molecule has 2 heterocycles. The smallest absolute Gasteiger partial charge is 0.0871 e. The highest BCUT2D eigenvalue weighted by molar-refractivity contribution is 7.25. The largest absolute Gasteiger partial charge is 0.310 e. The summed E-state index contributed by atoms with van der Waals surface area (Å²) in [6.07, 6.45) is -0.286. The summed E-state index contributed by atoms with van der Waals surface area (Å²) in [6.45, 7) is 4.72. The minimum absolute atomic E-state index is 0.0693. The summed E-state index contributed by atoms with van der Waals surface area (Å²) in [5.41, 5.74) is 14.8. The molecule has 304 valence electrons. The third-order valence-corrected chi connectivity index (χ3v) is 14.5. The van der Waals surface area contributed by atoms with E-state index in [2.05, 4.69) is 241 Å². The molecule has 1 aliphatic carbocycles. The molecule has 0 bridgehead atoms. The van der Waals surface area contributed by atoms with E-state index in [9.17, 15) is 0 Å². The zero-order valence-corrected chi connectivity index (χ0v) is 36.0. The minimum Gasteiger partial charge on any atom is -0.310 e. The molecule has 4 nitrogen and oxygen atoms in total. The van der Waals surface area contributed by atoms with E-state index in [1.807, 2.05) is 11.3 Å². The predicted octanol–water partition coefficient (Wildman–Crippen LogP) is 14.8. The molecule has 12 rings (SSSR count). The molecule has 63 heavy (non-hydrogen) atoms. The summed E-state index contributed by atoms with van der Waals surface area (Å²) in [7, 11) is 0. The Bertz CT molecular complexity index is 3310. The number of hydrogen-bond acceptors (Lipinski definition) is 5. The molecule has 1 fully saturated rings. The van der Waals surface area contributed by atoms with Gasteiger partial charge in [0.1, 0.15) is 0 Å². The molecule has 0 spiro atoms. The minimum atomic E-state index is -0.125. The van der Waals surface area contributed by atoms with Crippen LogP contribution in [0.5, 0.6) is 0 Å². The van der Waals surface area contributed by atoms with E-state index in [4.69, 9.17) is 0 Å². The van der Waals surface area contributed by atoms with Crippen LogP contribution in [-0.4, -0.2) is 0 Å². The van der Waals surface area contributed by atoms with Crippen molar-refractivity contribution in [2.75, 3.05) is 4.90 Å². The van der Waals surface area contributed by atoms with Crippen LogP contribution < -0.4 is 20.9 Å². The van der Waals surface area contributed by atoms with Gasteiger partial charge in [-0.05, 0) is 103 Å². The zero-order chi connectivity index (χ0) is 42.1. The first kappa shape index (κ1) is 37.9. The van der Waals surface area contributed by atoms with Gasteiger partial charge < -0.3 is 4.90 Å². The van der Waals surface area contributed by atoms with Crippen LogP contribution in [0.1, 0.15) is 60.2 Å². The fraction of sp³-hybridized carbons (Fsp3) is 0.103. The summed E-state index contributed by atoms with van der Waals surface area (Å²) in [6, 6.07) is 75.5. The van der Waals surface area contributed by atoms with Crippen molar-refractivity contribution in [2.24, 2.45) is 0 Å². The van der Waals surface area contributed by atoms with Crippen LogP contribution in [0.2, 0.25) is 0 Å². The number of nitrogens with one attached hydrogen (secondary N) is 3. The van der Waals surface area contributed by atoms with E-state index in [1.165, 1.54) is 81.0 Å². The molecule has 5 heteroatoms. The number of thiophene rings is 1. The molecule has 0 radical (unpaired) electrons. The van der Waals surface area contributed by atoms with Crippen molar-refractivity contribution in [3.8, 4) is 22.3 Å². The quantitative estimate of drug-likeness (QED) is 0.150. The Morgan fingerprint density at radius 2 is 1.03 bits per heavy atom. The van der Waals surface area contributed by atoms with Crippen LogP contribution >= 0.6 is 11.3 Å². The lowest BCUT2D eigenvalue weighted by molar-refractivity contribution is 0.205. The summed E-state index contributed by atoms with van der Waals surface area (Å²) in [5, 5.41) is 17.0. The lowest BCUT2D eigenvalue weighted by Gasteiger charge is -2.40. The van der Waals surface area contributed by atoms with Gasteiger partial charge >= 0.3 is 0 Å². The Morgan fingerprint density at radius 1 is 0.429 bits per heavy atom. The molecule has 1 aliphatic heterocycles. The van der Waals surface area contributed by atoms with Gasteiger partial charge in [0.05, 0.1) is 18.5 Å². The predicted molar refractivity (Wildman–Crippen MR) is 265 cm³/mol. The fourth-order valence-electron chi connectivity index (χ4n) is 10.3. The van der Waals surface area contributed by atoms with Gasteiger partial charge in [0.2, 0.25) is 0 Å². The SMILES string of the molecule is CC1(C)c2ccccc2-c2ccc(N(c3ccc(-c4ccccc4)cc3)c3ccc4c(c3)sc3cccc(C5NC(c6ccccc6)NC(c6cccc7ccccc67)N5)c34)cc21. The van der Waals surface area contributed by atoms with Crippen LogP contribution in [0.3, 0.4) is 0 Å². The van der Waals surface area contributed by atoms with Crippen LogP contribution in [0.4, 0.5) is 17.1 Å². The Balaban J connectivity index is 0.973. The van der Waals surface area contributed by atoms with Gasteiger partial charge in [-0.2, -0.15) is 0 Å². The third kappa shape index (κ3) is 6.47. The topological polar surface area (TPSA) is 39.3 Å². The maximum atomic E-state index is 4.02. The summed E-state index contributed by atoms with van der Waals surface area (Å²) in [4.78, 5) is 2.44. The summed E-state index contributed by atoms with van der Waals surface area (Å²) < 4.78 is 2.53. The van der Waals surface area contributed by atoms with Gasteiger partial charge in [0.15, 0.2) is 0 Å². The van der Waals surface area contributed by atoms with E-state index >= 15 is 0 Å². The van der Waals surface area contributed by atoms with Crippen molar-refractivity contribution < 1.29 is 0 Å². The molecular formula is C58H46N4S. The molecule has 9 aromatic carbocycles. The molecule has 3 unspecified atom stereocenters. The number of anilines is 3. The maximum Gasteiger partial charge on any atom is 0.0871 e. The Hall–Kier alpha value is -6.86. The first-order valence-electron chi connectivity index (χ1n) is 21.9. The normalized spacial score (nSPS) is 17.8. The molecule has 3 atom stereocenters. The number of hydrogen-bond donors (Lipinski definition) is 3. The molecule has 0 amide bonds. The van der Waals surface area contributed by atoms with Crippen molar-refractivity contribution in [3.63, 3.8) is 0 Å². The van der Waals surface area contributed by atoms with Crippen LogP contribution in [0, 0.1) is 0 Å². The van der Waals surface area contributed by atoms with E-state index in [0.29, 0.717) is 0 Å². The molecule has 2 aliphatic rings. The van der Waals surface area contributed by atoms with Gasteiger partial charge in [0, 0.05) is 42.6 Å². The maximum absolute atomic E-state index is 4.02. The fourth-order valence-corrected chi connectivity index (χ4v) is 11.5. The second-order valence-corrected chi connectivity index (χ2v) is 18.5. The Kier molecular flexibility index (Phi) is 9.13. The zero-order valence-electron chi connectivity index (χ0n) is 35.2. The van der Waals surface area contributed by atoms with E-state index in [-0.39, 0.29) is 23.9 Å². The summed E-state index contributed by atoms with van der Waals surface area (Å²) >= 11 is 1.87. The second-order valence-electron chi connectivity index (χ2n) is 17.4. The van der Waals surface area contributed by atoms with Gasteiger partial charge in [0.25, 0.3) is 0 Å². The lowest BCUT2D eigenvalue weighted by Crippen LogP contribution is -2.54.